The van der Waals surface area contributed by atoms with Gasteiger partial charge in [-0.2, -0.15) is 0 Å². The fourth-order valence-corrected chi connectivity index (χ4v) is 2.08. The zero-order valence-corrected chi connectivity index (χ0v) is 12.9. The van der Waals surface area contributed by atoms with Crippen molar-refractivity contribution in [3.8, 4) is 0 Å². The quantitative estimate of drug-likeness (QED) is 0.848. The molecule has 1 heterocycles. The second-order valence-electron chi connectivity index (χ2n) is 6.12. The van der Waals surface area contributed by atoms with E-state index in [9.17, 15) is 9.59 Å². The van der Waals surface area contributed by atoms with Gasteiger partial charge in [-0.25, -0.2) is 4.79 Å². The van der Waals surface area contributed by atoms with Gasteiger partial charge in [-0.05, 0) is 33.6 Å². The summed E-state index contributed by atoms with van der Waals surface area (Å²) in [5.74, 6) is 0.130. The summed E-state index contributed by atoms with van der Waals surface area (Å²) in [4.78, 5) is 24.8. The van der Waals surface area contributed by atoms with Gasteiger partial charge in [-0.1, -0.05) is 0 Å². The third kappa shape index (κ3) is 6.23. The van der Waals surface area contributed by atoms with Crippen LogP contribution in [0.1, 0.15) is 33.6 Å². The number of hydrogen-bond acceptors (Lipinski definition) is 4. The highest BCUT2D eigenvalue weighted by atomic mass is 16.6. The predicted molar refractivity (Wildman–Crippen MR) is 75.4 cm³/mol. The Bertz CT molecular complexity index is 339. The first kappa shape index (κ1) is 16.8. The highest BCUT2D eigenvalue weighted by molar-refractivity contribution is 5.76. The standard InChI is InChI=1S/C14H26N2O4/c1-14(2,3)20-13(18)16-7-5-6-11(8-16)9-19-10-12(17)15-4/h11H,5-10H2,1-4H3,(H,15,17). The molecule has 0 aliphatic carbocycles. The van der Waals surface area contributed by atoms with Crippen LogP contribution in [0.4, 0.5) is 4.79 Å². The Labute approximate surface area is 120 Å². The molecule has 1 fully saturated rings. The zero-order valence-electron chi connectivity index (χ0n) is 12.9. The molecule has 0 aromatic heterocycles. The maximum absolute atomic E-state index is 12.0. The average molecular weight is 286 g/mol. The Morgan fingerprint density at radius 2 is 2.05 bits per heavy atom. The van der Waals surface area contributed by atoms with Crippen LogP contribution in [0.5, 0.6) is 0 Å². The topological polar surface area (TPSA) is 67.9 Å². The summed E-state index contributed by atoms with van der Waals surface area (Å²) in [5.41, 5.74) is -0.472. The van der Waals surface area contributed by atoms with Gasteiger partial charge >= 0.3 is 6.09 Å². The Morgan fingerprint density at radius 1 is 1.35 bits per heavy atom. The van der Waals surface area contributed by atoms with E-state index in [0.29, 0.717) is 13.2 Å². The van der Waals surface area contributed by atoms with Gasteiger partial charge in [-0.3, -0.25) is 4.79 Å². The Kier molecular flexibility index (Phi) is 6.26. The average Bonchev–Trinajstić information content (AvgIpc) is 2.37. The number of likely N-dealkylation sites (tertiary alicyclic amines) is 1. The molecular formula is C14H26N2O4. The summed E-state index contributed by atoms with van der Waals surface area (Å²) in [6.45, 7) is 7.49. The smallest absolute Gasteiger partial charge is 0.410 e. The maximum Gasteiger partial charge on any atom is 0.410 e. The normalized spacial score (nSPS) is 19.6. The van der Waals surface area contributed by atoms with E-state index in [-0.39, 0.29) is 24.5 Å². The molecule has 0 spiro atoms. The van der Waals surface area contributed by atoms with Crippen molar-refractivity contribution in [2.24, 2.45) is 5.92 Å². The summed E-state index contributed by atoms with van der Waals surface area (Å²) in [7, 11) is 1.58. The minimum absolute atomic E-state index is 0.0689. The molecule has 6 nitrogen and oxygen atoms in total. The van der Waals surface area contributed by atoms with Gasteiger partial charge < -0.3 is 19.7 Å². The molecule has 0 aromatic rings. The van der Waals surface area contributed by atoms with Crippen LogP contribution < -0.4 is 5.32 Å². The highest BCUT2D eigenvalue weighted by Crippen LogP contribution is 2.19. The minimum Gasteiger partial charge on any atom is -0.444 e. The lowest BCUT2D eigenvalue weighted by atomic mass is 9.99. The summed E-state index contributed by atoms with van der Waals surface area (Å²) < 4.78 is 10.7. The lowest BCUT2D eigenvalue weighted by Crippen LogP contribution is -2.44. The largest absolute Gasteiger partial charge is 0.444 e. The molecule has 2 amide bonds. The van der Waals surface area contributed by atoms with E-state index in [0.717, 1.165) is 19.4 Å². The molecule has 1 aliphatic rings. The van der Waals surface area contributed by atoms with Gasteiger partial charge in [0.2, 0.25) is 5.91 Å². The predicted octanol–water partition coefficient (Wildman–Crippen LogP) is 1.40. The number of ether oxygens (including phenoxy) is 2. The van der Waals surface area contributed by atoms with Crippen LogP contribution in [-0.4, -0.2) is 55.9 Å². The minimum atomic E-state index is -0.472. The number of nitrogens with one attached hydrogen (secondary N) is 1. The third-order valence-electron chi connectivity index (χ3n) is 3.04. The van der Waals surface area contributed by atoms with Crippen molar-refractivity contribution in [2.75, 3.05) is 33.4 Å². The second kappa shape index (κ2) is 7.47. The summed E-state index contributed by atoms with van der Waals surface area (Å²) >= 11 is 0. The summed E-state index contributed by atoms with van der Waals surface area (Å²) in [6, 6.07) is 0. The van der Waals surface area contributed by atoms with Gasteiger partial charge in [0.1, 0.15) is 12.2 Å². The number of carbonyl (C=O) groups is 2. The van der Waals surface area contributed by atoms with Crippen molar-refractivity contribution in [3.63, 3.8) is 0 Å². The Hall–Kier alpha value is -1.30. The number of likely N-dealkylation sites (N-methyl/N-ethyl adjacent to an activating group) is 1. The molecular weight excluding hydrogens is 260 g/mol. The van der Waals surface area contributed by atoms with E-state index in [4.69, 9.17) is 9.47 Å². The van der Waals surface area contributed by atoms with Crippen LogP contribution in [-0.2, 0) is 14.3 Å². The molecule has 0 bridgehead atoms. The molecule has 0 radical (unpaired) electrons. The third-order valence-corrected chi connectivity index (χ3v) is 3.04. The SMILES string of the molecule is CNC(=O)COCC1CCCN(C(=O)OC(C)(C)C)C1. The van der Waals surface area contributed by atoms with Gasteiger partial charge in [-0.15, -0.1) is 0 Å². The van der Waals surface area contributed by atoms with Crippen molar-refractivity contribution >= 4 is 12.0 Å². The van der Waals surface area contributed by atoms with E-state index in [1.807, 2.05) is 20.8 Å². The summed E-state index contributed by atoms with van der Waals surface area (Å²) in [6.07, 6.45) is 1.67. The molecule has 1 aliphatic heterocycles. The fraction of sp³-hybridized carbons (Fsp3) is 0.857. The molecule has 20 heavy (non-hydrogen) atoms. The zero-order chi connectivity index (χ0) is 15.2. The molecule has 0 aromatic carbocycles. The van der Waals surface area contributed by atoms with Crippen LogP contribution in [0.25, 0.3) is 0 Å². The van der Waals surface area contributed by atoms with E-state index in [2.05, 4.69) is 5.32 Å². The van der Waals surface area contributed by atoms with E-state index in [1.165, 1.54) is 0 Å². The summed E-state index contributed by atoms with van der Waals surface area (Å²) in [5, 5.41) is 2.51. The Balaban J connectivity index is 2.35. The van der Waals surface area contributed by atoms with Gasteiger partial charge in [0.25, 0.3) is 0 Å². The van der Waals surface area contributed by atoms with Gasteiger partial charge in [0.15, 0.2) is 0 Å². The molecule has 0 saturated carbocycles. The van der Waals surface area contributed by atoms with Crippen molar-refractivity contribution in [3.05, 3.63) is 0 Å². The molecule has 1 unspecified atom stereocenters. The lowest BCUT2D eigenvalue weighted by Gasteiger charge is -2.34. The molecule has 1 atom stereocenters. The monoisotopic (exact) mass is 286 g/mol. The number of piperidine rings is 1. The first-order valence-corrected chi connectivity index (χ1v) is 7.08. The number of hydrogen-bond donors (Lipinski definition) is 1. The van der Waals surface area contributed by atoms with E-state index in [1.54, 1.807) is 11.9 Å². The van der Waals surface area contributed by atoms with Gasteiger partial charge in [0, 0.05) is 26.1 Å². The maximum atomic E-state index is 12.0. The van der Waals surface area contributed by atoms with Crippen molar-refractivity contribution in [1.29, 1.82) is 0 Å². The van der Waals surface area contributed by atoms with Crippen molar-refractivity contribution < 1.29 is 19.1 Å². The van der Waals surface area contributed by atoms with Crippen LogP contribution in [0.15, 0.2) is 0 Å². The lowest BCUT2D eigenvalue weighted by molar-refractivity contribution is -0.125. The van der Waals surface area contributed by atoms with Gasteiger partial charge in [0.05, 0.1) is 6.61 Å². The van der Waals surface area contributed by atoms with E-state index >= 15 is 0 Å². The highest BCUT2D eigenvalue weighted by Gasteiger charge is 2.27. The first-order chi connectivity index (χ1) is 9.31. The molecule has 1 N–H and O–H groups in total. The first-order valence-electron chi connectivity index (χ1n) is 7.08. The number of carbonyl (C=O) groups excluding carboxylic acids is 2. The second-order valence-corrected chi connectivity index (χ2v) is 6.12. The van der Waals surface area contributed by atoms with Crippen LogP contribution in [0.3, 0.4) is 0 Å². The molecule has 6 heteroatoms. The number of rotatable bonds is 4. The molecule has 1 saturated heterocycles. The fourth-order valence-electron chi connectivity index (χ4n) is 2.08. The van der Waals surface area contributed by atoms with Crippen LogP contribution >= 0.6 is 0 Å². The number of nitrogens with zero attached hydrogens (tertiary/aromatic N) is 1. The van der Waals surface area contributed by atoms with Crippen molar-refractivity contribution in [1.82, 2.24) is 10.2 Å². The molecule has 116 valence electrons. The van der Waals surface area contributed by atoms with Crippen molar-refractivity contribution in [2.45, 2.75) is 39.2 Å². The van der Waals surface area contributed by atoms with Crippen LogP contribution in [0, 0.1) is 5.92 Å². The Morgan fingerprint density at radius 3 is 2.65 bits per heavy atom. The van der Waals surface area contributed by atoms with Crippen LogP contribution in [0.2, 0.25) is 0 Å². The molecule has 1 rings (SSSR count). The number of amides is 2. The van der Waals surface area contributed by atoms with E-state index < -0.39 is 5.60 Å².